The highest BCUT2D eigenvalue weighted by Crippen LogP contribution is 2.33. The van der Waals surface area contributed by atoms with Crippen LogP contribution in [-0.2, 0) is 10.0 Å². The van der Waals surface area contributed by atoms with Crippen molar-refractivity contribution in [3.63, 3.8) is 0 Å². The topological polar surface area (TPSA) is 85.1 Å². The van der Waals surface area contributed by atoms with E-state index in [9.17, 15) is 8.42 Å². The van der Waals surface area contributed by atoms with Crippen molar-refractivity contribution < 1.29 is 8.42 Å². The summed E-state index contributed by atoms with van der Waals surface area (Å²) in [5.41, 5.74) is 6.02. The lowest BCUT2D eigenvalue weighted by atomic mass is 9.98. The minimum Gasteiger partial charge on any atom is -0.375 e. The molecule has 1 aromatic heterocycles. The van der Waals surface area contributed by atoms with Crippen molar-refractivity contribution in [2.45, 2.75) is 43.9 Å². The average Bonchev–Trinajstić information content (AvgIpc) is 2.75. The second-order valence-electron chi connectivity index (χ2n) is 5.07. The standard InChI is InChI=1S/C11H19N3O2S2/c1-6-4-5-9(7(6)2)14-18(15,16)10-8(3)13-11(12)17-10/h6-7,9,14H,4-5H2,1-3H3,(H2,12,13). The fourth-order valence-electron chi connectivity index (χ4n) is 2.44. The van der Waals surface area contributed by atoms with Gasteiger partial charge in [0.1, 0.15) is 0 Å². The van der Waals surface area contributed by atoms with Crippen LogP contribution in [0.2, 0.25) is 0 Å². The molecule has 0 amide bonds. The smallest absolute Gasteiger partial charge is 0.252 e. The van der Waals surface area contributed by atoms with Crippen LogP contribution in [0, 0.1) is 18.8 Å². The summed E-state index contributed by atoms with van der Waals surface area (Å²) in [5.74, 6) is 0.927. The Morgan fingerprint density at radius 2 is 2.06 bits per heavy atom. The molecule has 7 heteroatoms. The lowest BCUT2D eigenvalue weighted by Crippen LogP contribution is -2.37. The van der Waals surface area contributed by atoms with E-state index in [2.05, 4.69) is 23.6 Å². The van der Waals surface area contributed by atoms with E-state index in [1.54, 1.807) is 6.92 Å². The van der Waals surface area contributed by atoms with Crippen LogP contribution in [0.25, 0.3) is 0 Å². The van der Waals surface area contributed by atoms with E-state index in [4.69, 9.17) is 5.73 Å². The molecule has 1 fully saturated rings. The number of aryl methyl sites for hydroxylation is 1. The van der Waals surface area contributed by atoms with Crippen LogP contribution < -0.4 is 10.5 Å². The maximum atomic E-state index is 12.3. The Balaban J connectivity index is 2.20. The summed E-state index contributed by atoms with van der Waals surface area (Å²) in [6.45, 7) is 5.93. The molecule has 18 heavy (non-hydrogen) atoms. The molecule has 1 heterocycles. The van der Waals surface area contributed by atoms with Crippen LogP contribution in [0.4, 0.5) is 5.13 Å². The van der Waals surface area contributed by atoms with Gasteiger partial charge in [-0.1, -0.05) is 25.2 Å². The van der Waals surface area contributed by atoms with Gasteiger partial charge in [0.2, 0.25) is 0 Å². The first-order valence-electron chi connectivity index (χ1n) is 6.06. The number of thiazole rings is 1. The van der Waals surface area contributed by atoms with E-state index in [-0.39, 0.29) is 10.3 Å². The van der Waals surface area contributed by atoms with Crippen LogP contribution in [0.1, 0.15) is 32.4 Å². The first kappa shape index (κ1) is 13.8. The van der Waals surface area contributed by atoms with Gasteiger partial charge in [-0.15, -0.1) is 0 Å². The molecule has 3 unspecified atom stereocenters. The highest BCUT2D eigenvalue weighted by atomic mass is 32.2. The van der Waals surface area contributed by atoms with Gasteiger partial charge in [-0.05, 0) is 31.6 Å². The lowest BCUT2D eigenvalue weighted by Gasteiger charge is -2.19. The fourth-order valence-corrected chi connectivity index (χ4v) is 5.11. The number of anilines is 1. The predicted octanol–water partition coefficient (Wildman–Crippen LogP) is 1.75. The van der Waals surface area contributed by atoms with E-state index < -0.39 is 10.0 Å². The molecular formula is C11H19N3O2S2. The molecule has 1 saturated carbocycles. The predicted molar refractivity (Wildman–Crippen MR) is 72.9 cm³/mol. The molecule has 1 aliphatic carbocycles. The molecule has 3 N–H and O–H groups in total. The molecule has 0 radical (unpaired) electrons. The summed E-state index contributed by atoms with van der Waals surface area (Å²) >= 11 is 1.02. The Hall–Kier alpha value is -0.660. The van der Waals surface area contributed by atoms with Gasteiger partial charge in [0.25, 0.3) is 10.0 Å². The quantitative estimate of drug-likeness (QED) is 0.887. The Labute approximate surface area is 112 Å². The van der Waals surface area contributed by atoms with Crippen LogP contribution in [0.5, 0.6) is 0 Å². The number of nitrogens with zero attached hydrogens (tertiary/aromatic N) is 1. The minimum atomic E-state index is -3.48. The van der Waals surface area contributed by atoms with Gasteiger partial charge < -0.3 is 5.73 Å². The summed E-state index contributed by atoms with van der Waals surface area (Å²) in [4.78, 5) is 3.96. The van der Waals surface area contributed by atoms with Gasteiger partial charge >= 0.3 is 0 Å². The van der Waals surface area contributed by atoms with Gasteiger partial charge in [0, 0.05) is 6.04 Å². The van der Waals surface area contributed by atoms with Crippen LogP contribution >= 0.6 is 11.3 Å². The number of hydrogen-bond donors (Lipinski definition) is 2. The normalized spacial score (nSPS) is 28.7. The van der Waals surface area contributed by atoms with E-state index in [1.165, 1.54) is 0 Å². The second-order valence-corrected chi connectivity index (χ2v) is 8.01. The summed E-state index contributed by atoms with van der Waals surface area (Å²) in [6, 6.07) is 0.0210. The molecule has 0 saturated heterocycles. The van der Waals surface area contributed by atoms with Crippen molar-refractivity contribution in [2.75, 3.05) is 5.73 Å². The molecule has 1 aromatic rings. The van der Waals surface area contributed by atoms with Crippen molar-refractivity contribution in [1.82, 2.24) is 9.71 Å². The number of rotatable bonds is 3. The average molecular weight is 289 g/mol. The SMILES string of the molecule is Cc1nc(N)sc1S(=O)(=O)NC1CCC(C)C1C. The molecule has 2 rings (SSSR count). The molecule has 102 valence electrons. The zero-order valence-corrected chi connectivity index (χ0v) is 12.4. The van der Waals surface area contributed by atoms with E-state index >= 15 is 0 Å². The summed E-state index contributed by atoms with van der Waals surface area (Å²) < 4.78 is 27.6. The van der Waals surface area contributed by atoms with Crippen LogP contribution in [0.15, 0.2) is 4.21 Å². The lowest BCUT2D eigenvalue weighted by molar-refractivity contribution is 0.402. The molecular weight excluding hydrogens is 270 g/mol. The first-order chi connectivity index (χ1) is 8.31. The zero-order chi connectivity index (χ0) is 13.5. The number of aromatic nitrogens is 1. The first-order valence-corrected chi connectivity index (χ1v) is 8.36. The van der Waals surface area contributed by atoms with Crippen molar-refractivity contribution in [2.24, 2.45) is 11.8 Å². The van der Waals surface area contributed by atoms with Gasteiger partial charge in [-0.3, -0.25) is 0 Å². The van der Waals surface area contributed by atoms with Gasteiger partial charge in [-0.25, -0.2) is 18.1 Å². The number of nitrogens with one attached hydrogen (secondary N) is 1. The third kappa shape index (κ3) is 2.53. The molecule has 3 atom stereocenters. The summed E-state index contributed by atoms with van der Waals surface area (Å²) in [7, 11) is -3.48. The molecule has 0 aliphatic heterocycles. The van der Waals surface area contributed by atoms with Crippen molar-refractivity contribution >= 4 is 26.5 Å². The third-order valence-corrected chi connectivity index (χ3v) is 6.87. The highest BCUT2D eigenvalue weighted by Gasteiger charge is 2.34. The Bertz CT molecular complexity index is 538. The maximum absolute atomic E-state index is 12.3. The Morgan fingerprint density at radius 3 is 2.50 bits per heavy atom. The monoisotopic (exact) mass is 289 g/mol. The van der Waals surface area contributed by atoms with Crippen LogP contribution in [-0.4, -0.2) is 19.4 Å². The Morgan fingerprint density at radius 1 is 1.39 bits per heavy atom. The van der Waals surface area contributed by atoms with E-state index in [0.29, 0.717) is 22.7 Å². The van der Waals surface area contributed by atoms with Crippen molar-refractivity contribution in [3.8, 4) is 0 Å². The van der Waals surface area contributed by atoms with Crippen molar-refractivity contribution in [3.05, 3.63) is 5.69 Å². The fraction of sp³-hybridized carbons (Fsp3) is 0.727. The number of nitrogens with two attached hydrogens (primary N) is 1. The second kappa shape index (κ2) is 4.79. The molecule has 0 aromatic carbocycles. The molecule has 0 bridgehead atoms. The number of sulfonamides is 1. The zero-order valence-electron chi connectivity index (χ0n) is 10.8. The van der Waals surface area contributed by atoms with Gasteiger partial charge in [0.05, 0.1) is 5.69 Å². The Kier molecular flexibility index (Phi) is 3.66. The van der Waals surface area contributed by atoms with Crippen LogP contribution in [0.3, 0.4) is 0 Å². The maximum Gasteiger partial charge on any atom is 0.252 e. The van der Waals surface area contributed by atoms with Gasteiger partial charge in [-0.2, -0.15) is 0 Å². The largest absolute Gasteiger partial charge is 0.375 e. The van der Waals surface area contributed by atoms with Gasteiger partial charge in [0.15, 0.2) is 9.34 Å². The highest BCUT2D eigenvalue weighted by molar-refractivity contribution is 7.91. The number of hydrogen-bond acceptors (Lipinski definition) is 5. The summed E-state index contributed by atoms with van der Waals surface area (Å²) in [6.07, 6.45) is 1.97. The molecule has 0 spiro atoms. The van der Waals surface area contributed by atoms with E-state index in [1.807, 2.05) is 0 Å². The minimum absolute atomic E-state index is 0.0210. The molecule has 1 aliphatic rings. The number of nitrogen functional groups attached to an aromatic ring is 1. The van der Waals surface area contributed by atoms with E-state index in [0.717, 1.165) is 24.2 Å². The van der Waals surface area contributed by atoms with Crippen molar-refractivity contribution in [1.29, 1.82) is 0 Å². The third-order valence-electron chi connectivity index (χ3n) is 3.79. The molecule has 5 nitrogen and oxygen atoms in total. The summed E-state index contributed by atoms with van der Waals surface area (Å²) in [5, 5.41) is 0.292.